The topological polar surface area (TPSA) is 93.1 Å². The van der Waals surface area contributed by atoms with Crippen LogP contribution in [0.1, 0.15) is 101 Å². The molecule has 4 rings (SSSR count). The number of benzene rings is 2. The number of unbranched alkanes of at least 4 members (excludes halogenated alkanes) is 2. The number of aliphatic hydroxyl groups is 1. The standard InChI is InChI=1S/C36H50O6/c1-5-6-7-10-29(42-36(40)24(4)26-14-12-25(13-15-26)18-23(2)3)16-17-30-31-19-27-9-8-11-34(41-22-35(38)39)32(27)20-28(31)21-33(30)37/h8-9,11-15,23-24,28-31,33,37H,5-7,10,16-22H2,1-4H3,(H,38,39)/t24?,28?,29?,30?,31?,33-/m1/s1. The van der Waals surface area contributed by atoms with Crippen LogP contribution in [0.4, 0.5) is 0 Å². The fraction of sp³-hybridized carbons (Fsp3) is 0.611. The highest BCUT2D eigenvalue weighted by Crippen LogP contribution is 2.48. The van der Waals surface area contributed by atoms with Crippen LogP contribution in [-0.2, 0) is 33.6 Å². The highest BCUT2D eigenvalue weighted by Gasteiger charge is 2.45. The van der Waals surface area contributed by atoms with E-state index >= 15 is 0 Å². The second-order valence-electron chi connectivity index (χ2n) is 13.1. The Morgan fingerprint density at radius 1 is 1.00 bits per heavy atom. The van der Waals surface area contributed by atoms with Gasteiger partial charge in [-0.2, -0.15) is 0 Å². The van der Waals surface area contributed by atoms with Crippen molar-refractivity contribution in [2.75, 3.05) is 6.61 Å². The SMILES string of the molecule is CCCCCC(CCC1C2Cc3cccc(OCC(=O)O)c3CC2C[C@H]1O)OC(=O)C(C)c1ccc(CC(C)C)cc1. The molecule has 0 radical (unpaired) electrons. The zero-order valence-electron chi connectivity index (χ0n) is 25.9. The fourth-order valence-corrected chi connectivity index (χ4v) is 7.16. The van der Waals surface area contributed by atoms with E-state index in [9.17, 15) is 14.7 Å². The van der Waals surface area contributed by atoms with Crippen LogP contribution in [-0.4, -0.2) is 41.0 Å². The van der Waals surface area contributed by atoms with Gasteiger partial charge in [0.15, 0.2) is 6.61 Å². The van der Waals surface area contributed by atoms with Gasteiger partial charge in [0.25, 0.3) is 0 Å². The van der Waals surface area contributed by atoms with Crippen LogP contribution in [0.5, 0.6) is 5.75 Å². The van der Waals surface area contributed by atoms with E-state index in [4.69, 9.17) is 14.6 Å². The molecular formula is C36H50O6. The number of rotatable bonds is 15. The first kappa shape index (κ1) is 32.1. The Morgan fingerprint density at radius 2 is 1.76 bits per heavy atom. The molecule has 0 amide bonds. The monoisotopic (exact) mass is 578 g/mol. The van der Waals surface area contributed by atoms with Crippen LogP contribution in [0.3, 0.4) is 0 Å². The van der Waals surface area contributed by atoms with E-state index in [1.807, 2.05) is 19.1 Å². The number of carboxylic acids is 1. The molecule has 6 atom stereocenters. The van der Waals surface area contributed by atoms with Crippen LogP contribution in [0, 0.1) is 23.7 Å². The third kappa shape index (κ3) is 8.37. The number of aliphatic carboxylic acids is 1. The van der Waals surface area contributed by atoms with E-state index in [1.54, 1.807) is 0 Å². The van der Waals surface area contributed by atoms with Gasteiger partial charge in [-0.1, -0.05) is 70.0 Å². The van der Waals surface area contributed by atoms with Gasteiger partial charge in [-0.05, 0) is 110 Å². The summed E-state index contributed by atoms with van der Waals surface area (Å²) in [5.74, 6) is 0.626. The summed E-state index contributed by atoms with van der Waals surface area (Å²) >= 11 is 0. The maximum Gasteiger partial charge on any atom is 0.341 e. The Kier molecular flexibility index (Phi) is 11.5. The average Bonchev–Trinajstić information content (AvgIpc) is 3.26. The lowest BCUT2D eigenvalue weighted by Crippen LogP contribution is -2.29. The number of hydrogen-bond acceptors (Lipinski definition) is 5. The molecule has 1 saturated carbocycles. The van der Waals surface area contributed by atoms with E-state index in [-0.39, 0.29) is 36.6 Å². The Morgan fingerprint density at radius 3 is 2.45 bits per heavy atom. The van der Waals surface area contributed by atoms with Gasteiger partial charge in [0, 0.05) is 0 Å². The average molecular weight is 579 g/mol. The van der Waals surface area contributed by atoms with E-state index in [1.165, 1.54) is 11.1 Å². The number of fused-ring (bicyclic) bond motifs is 2. The highest BCUT2D eigenvalue weighted by molar-refractivity contribution is 5.77. The minimum absolute atomic E-state index is 0.148. The number of ether oxygens (including phenoxy) is 2. The zero-order chi connectivity index (χ0) is 30.2. The van der Waals surface area contributed by atoms with Crippen molar-refractivity contribution in [3.05, 3.63) is 64.7 Å². The number of carbonyl (C=O) groups is 2. The largest absolute Gasteiger partial charge is 0.482 e. The van der Waals surface area contributed by atoms with Gasteiger partial charge in [-0.25, -0.2) is 4.79 Å². The highest BCUT2D eigenvalue weighted by atomic mass is 16.5. The third-order valence-corrected chi connectivity index (χ3v) is 9.41. The quantitative estimate of drug-likeness (QED) is 0.172. The summed E-state index contributed by atoms with van der Waals surface area (Å²) in [6, 6.07) is 14.2. The van der Waals surface area contributed by atoms with Crippen molar-refractivity contribution in [3.63, 3.8) is 0 Å². The Hall–Kier alpha value is -2.86. The normalized spacial score (nSPS) is 22.7. The number of hydrogen-bond donors (Lipinski definition) is 2. The van der Waals surface area contributed by atoms with Crippen molar-refractivity contribution in [1.82, 2.24) is 0 Å². The summed E-state index contributed by atoms with van der Waals surface area (Å²) < 4.78 is 11.8. The van der Waals surface area contributed by atoms with Crippen molar-refractivity contribution in [2.24, 2.45) is 23.7 Å². The molecule has 0 heterocycles. The molecule has 6 heteroatoms. The molecule has 0 aliphatic heterocycles. The van der Waals surface area contributed by atoms with Crippen LogP contribution >= 0.6 is 0 Å². The first-order chi connectivity index (χ1) is 20.2. The smallest absolute Gasteiger partial charge is 0.341 e. The molecule has 2 aliphatic rings. The van der Waals surface area contributed by atoms with Crippen LogP contribution in [0.15, 0.2) is 42.5 Å². The minimum atomic E-state index is -0.985. The van der Waals surface area contributed by atoms with Crippen LogP contribution < -0.4 is 4.74 Å². The second kappa shape index (κ2) is 15.0. The molecule has 2 N–H and O–H groups in total. The summed E-state index contributed by atoms with van der Waals surface area (Å²) in [6.45, 7) is 8.18. The molecule has 2 aromatic rings. The number of carboxylic acid groups (broad SMARTS) is 1. The predicted molar refractivity (Wildman–Crippen MR) is 165 cm³/mol. The molecule has 2 aromatic carbocycles. The van der Waals surface area contributed by atoms with E-state index in [0.29, 0.717) is 23.5 Å². The van der Waals surface area contributed by atoms with Crippen molar-refractivity contribution < 1.29 is 29.3 Å². The molecule has 0 spiro atoms. The van der Waals surface area contributed by atoms with Crippen molar-refractivity contribution in [2.45, 2.75) is 110 Å². The molecule has 230 valence electrons. The van der Waals surface area contributed by atoms with Crippen LogP contribution in [0.25, 0.3) is 0 Å². The van der Waals surface area contributed by atoms with E-state index in [0.717, 1.165) is 75.3 Å². The summed E-state index contributed by atoms with van der Waals surface area (Å²) in [5, 5.41) is 20.2. The lowest BCUT2D eigenvalue weighted by Gasteiger charge is -2.33. The number of aliphatic hydroxyl groups excluding tert-OH is 1. The summed E-state index contributed by atoms with van der Waals surface area (Å²) in [7, 11) is 0. The van der Waals surface area contributed by atoms with E-state index < -0.39 is 5.97 Å². The summed E-state index contributed by atoms with van der Waals surface area (Å²) in [4.78, 5) is 24.3. The lowest BCUT2D eigenvalue weighted by atomic mass is 9.73. The van der Waals surface area contributed by atoms with E-state index in [2.05, 4.69) is 51.1 Å². The first-order valence-corrected chi connectivity index (χ1v) is 16.1. The second-order valence-corrected chi connectivity index (χ2v) is 13.1. The molecule has 0 aromatic heterocycles. The molecule has 1 fully saturated rings. The summed E-state index contributed by atoms with van der Waals surface area (Å²) in [5.41, 5.74) is 4.55. The van der Waals surface area contributed by atoms with Gasteiger partial charge in [0.1, 0.15) is 11.9 Å². The molecule has 0 saturated heterocycles. The van der Waals surface area contributed by atoms with Gasteiger partial charge in [-0.3, -0.25) is 4.79 Å². The molecular weight excluding hydrogens is 528 g/mol. The number of carbonyl (C=O) groups excluding carboxylic acids is 1. The van der Waals surface area contributed by atoms with Gasteiger partial charge in [0.2, 0.25) is 0 Å². The molecule has 2 aliphatic carbocycles. The Labute approximate surface area is 251 Å². The Balaban J connectivity index is 1.39. The van der Waals surface area contributed by atoms with Crippen molar-refractivity contribution >= 4 is 11.9 Å². The minimum Gasteiger partial charge on any atom is -0.482 e. The van der Waals surface area contributed by atoms with Crippen LogP contribution in [0.2, 0.25) is 0 Å². The van der Waals surface area contributed by atoms with Crippen molar-refractivity contribution in [1.29, 1.82) is 0 Å². The zero-order valence-corrected chi connectivity index (χ0v) is 25.9. The maximum atomic E-state index is 13.3. The molecule has 6 nitrogen and oxygen atoms in total. The molecule has 0 bridgehead atoms. The first-order valence-electron chi connectivity index (χ1n) is 16.1. The summed E-state index contributed by atoms with van der Waals surface area (Å²) in [6.07, 6.45) is 8.58. The van der Waals surface area contributed by atoms with Gasteiger partial charge >= 0.3 is 11.9 Å². The van der Waals surface area contributed by atoms with Gasteiger partial charge < -0.3 is 19.7 Å². The maximum absolute atomic E-state index is 13.3. The van der Waals surface area contributed by atoms with Crippen molar-refractivity contribution in [3.8, 4) is 5.75 Å². The fourth-order valence-electron chi connectivity index (χ4n) is 7.16. The Bertz CT molecular complexity index is 1170. The number of esters is 1. The van der Waals surface area contributed by atoms with Gasteiger partial charge in [0.05, 0.1) is 12.0 Å². The lowest BCUT2D eigenvalue weighted by molar-refractivity contribution is -0.151. The molecule has 5 unspecified atom stereocenters. The third-order valence-electron chi connectivity index (χ3n) is 9.41. The van der Waals surface area contributed by atoms with Gasteiger partial charge in [-0.15, -0.1) is 0 Å². The predicted octanol–water partition coefficient (Wildman–Crippen LogP) is 7.14. The molecule has 42 heavy (non-hydrogen) atoms.